The molecule has 3 rings (SSSR count). The van der Waals surface area contributed by atoms with Crippen molar-refractivity contribution in [3.8, 4) is 0 Å². The van der Waals surface area contributed by atoms with Crippen LogP contribution < -0.4 is 5.32 Å². The summed E-state index contributed by atoms with van der Waals surface area (Å²) in [6.45, 7) is 2.07. The molecule has 1 saturated heterocycles. The molecule has 1 aliphatic rings. The third-order valence-electron chi connectivity index (χ3n) is 6.18. The van der Waals surface area contributed by atoms with E-state index >= 15 is 0 Å². The topological polar surface area (TPSA) is 167 Å². The van der Waals surface area contributed by atoms with Crippen molar-refractivity contribution in [2.24, 2.45) is 0 Å². The van der Waals surface area contributed by atoms with E-state index in [0.29, 0.717) is 11.1 Å². The minimum Gasteiger partial charge on any atom is -0.467 e. The van der Waals surface area contributed by atoms with Crippen molar-refractivity contribution in [1.29, 1.82) is 0 Å². The van der Waals surface area contributed by atoms with E-state index in [4.69, 9.17) is 23.7 Å². The van der Waals surface area contributed by atoms with Crippen molar-refractivity contribution in [3.05, 3.63) is 71.3 Å². The lowest BCUT2D eigenvalue weighted by molar-refractivity contribution is -0.242. The van der Waals surface area contributed by atoms with E-state index in [0.717, 1.165) is 12.5 Å². The van der Waals surface area contributed by atoms with Gasteiger partial charge in [-0.2, -0.15) is 0 Å². The monoisotopic (exact) mass is 559 g/mol. The summed E-state index contributed by atoms with van der Waals surface area (Å²) in [5.41, 5.74) is 1.89. The molecule has 1 amide bonds. The SMILES string of the molecule is COC(=O)[C@H](Cc1ccc([C@H]2O[C@H](COC(C)=O)[C@@H](OC(C)=O)[C@H](O)[C@@H]2O)cc1)NC(=O)OCc1ccccc1. The summed E-state index contributed by atoms with van der Waals surface area (Å²) < 4.78 is 26.0. The number of aliphatic hydroxyl groups excluding tert-OH is 2. The molecule has 0 bridgehead atoms. The second-order valence-electron chi connectivity index (χ2n) is 9.18. The predicted octanol–water partition coefficient (Wildman–Crippen LogP) is 1.35. The molecule has 12 nitrogen and oxygen atoms in total. The average Bonchev–Trinajstić information content (AvgIpc) is 2.94. The lowest BCUT2D eigenvalue weighted by Crippen LogP contribution is -2.57. The van der Waals surface area contributed by atoms with Crippen LogP contribution in [0.4, 0.5) is 4.79 Å². The standard InChI is InChI=1S/C28H33NO11/c1-16(30)37-15-22-26(39-17(2)31)24(33)23(32)25(40-22)20-11-9-18(10-12-20)13-21(27(34)36-3)29-28(35)38-14-19-7-5-4-6-8-19/h4-12,21-26,32-33H,13-15H2,1-3H3,(H,29,35)/t21-,22+,23-,24+,25+,26+/m0/s1. The first-order chi connectivity index (χ1) is 19.1. The van der Waals surface area contributed by atoms with Crippen molar-refractivity contribution in [2.75, 3.05) is 13.7 Å². The highest BCUT2D eigenvalue weighted by atomic mass is 16.6. The quantitative estimate of drug-likeness (QED) is 0.284. The summed E-state index contributed by atoms with van der Waals surface area (Å²) in [6, 6.07) is 14.6. The minimum absolute atomic E-state index is 0.0294. The lowest BCUT2D eigenvalue weighted by Gasteiger charge is -2.42. The maximum absolute atomic E-state index is 12.3. The van der Waals surface area contributed by atoms with E-state index in [1.165, 1.54) is 14.0 Å². The first kappa shape index (κ1) is 30.5. The van der Waals surface area contributed by atoms with Gasteiger partial charge in [0.15, 0.2) is 6.10 Å². The molecule has 0 aromatic heterocycles. The first-order valence-electron chi connectivity index (χ1n) is 12.5. The Kier molecular flexibility index (Phi) is 11.0. The molecule has 1 aliphatic heterocycles. The molecule has 12 heteroatoms. The van der Waals surface area contributed by atoms with E-state index in [-0.39, 0.29) is 19.6 Å². The van der Waals surface area contributed by atoms with E-state index in [9.17, 15) is 29.4 Å². The van der Waals surface area contributed by atoms with Gasteiger partial charge < -0.3 is 39.2 Å². The Morgan fingerprint density at radius 2 is 1.57 bits per heavy atom. The summed E-state index contributed by atoms with van der Waals surface area (Å²) in [5.74, 6) is -1.96. The molecular weight excluding hydrogens is 526 g/mol. The predicted molar refractivity (Wildman–Crippen MR) is 138 cm³/mol. The van der Waals surface area contributed by atoms with Gasteiger partial charge in [-0.05, 0) is 16.7 Å². The zero-order chi connectivity index (χ0) is 29.2. The Morgan fingerprint density at radius 1 is 0.900 bits per heavy atom. The molecule has 6 atom stereocenters. The van der Waals surface area contributed by atoms with Gasteiger partial charge in [-0.3, -0.25) is 9.59 Å². The summed E-state index contributed by atoms with van der Waals surface area (Å²) in [5, 5.41) is 23.9. The van der Waals surface area contributed by atoms with E-state index in [2.05, 4.69) is 5.32 Å². The molecule has 40 heavy (non-hydrogen) atoms. The molecular formula is C28H33NO11. The van der Waals surface area contributed by atoms with E-state index in [1.54, 1.807) is 36.4 Å². The largest absolute Gasteiger partial charge is 0.467 e. The number of carbonyl (C=O) groups is 4. The summed E-state index contributed by atoms with van der Waals surface area (Å²) >= 11 is 0. The molecule has 0 radical (unpaired) electrons. The fourth-order valence-corrected chi connectivity index (χ4v) is 4.21. The maximum Gasteiger partial charge on any atom is 0.408 e. The van der Waals surface area contributed by atoms with Gasteiger partial charge in [0.25, 0.3) is 0 Å². The van der Waals surface area contributed by atoms with Crippen molar-refractivity contribution < 1.29 is 53.1 Å². The van der Waals surface area contributed by atoms with Crippen LogP contribution in [0.1, 0.15) is 36.6 Å². The highest BCUT2D eigenvalue weighted by Crippen LogP contribution is 2.34. The van der Waals surface area contributed by atoms with Crippen LogP contribution in [0.15, 0.2) is 54.6 Å². The third kappa shape index (κ3) is 8.50. The molecule has 2 aromatic carbocycles. The zero-order valence-corrected chi connectivity index (χ0v) is 22.4. The molecule has 1 fully saturated rings. The Labute approximate surface area is 231 Å². The highest BCUT2D eigenvalue weighted by Gasteiger charge is 2.47. The molecule has 0 unspecified atom stereocenters. The van der Waals surface area contributed by atoms with Crippen LogP contribution in [-0.2, 0) is 51.1 Å². The van der Waals surface area contributed by atoms with Crippen molar-refractivity contribution in [3.63, 3.8) is 0 Å². The van der Waals surface area contributed by atoms with Crippen molar-refractivity contribution in [1.82, 2.24) is 5.32 Å². The smallest absolute Gasteiger partial charge is 0.408 e. The average molecular weight is 560 g/mol. The second kappa shape index (κ2) is 14.4. The van der Waals surface area contributed by atoms with Crippen LogP contribution >= 0.6 is 0 Å². The second-order valence-corrected chi connectivity index (χ2v) is 9.18. The number of hydrogen-bond acceptors (Lipinski definition) is 11. The van der Waals surface area contributed by atoms with Crippen LogP contribution in [0.5, 0.6) is 0 Å². The number of alkyl carbamates (subject to hydrolysis) is 1. The van der Waals surface area contributed by atoms with Gasteiger partial charge in [-0.15, -0.1) is 0 Å². The molecule has 216 valence electrons. The first-order valence-corrected chi connectivity index (χ1v) is 12.5. The van der Waals surface area contributed by atoms with Gasteiger partial charge in [0, 0.05) is 20.3 Å². The van der Waals surface area contributed by atoms with Gasteiger partial charge in [0.2, 0.25) is 0 Å². The Morgan fingerprint density at radius 3 is 2.17 bits per heavy atom. The van der Waals surface area contributed by atoms with Crippen LogP contribution in [0.3, 0.4) is 0 Å². The number of carbonyl (C=O) groups excluding carboxylic acids is 4. The fourth-order valence-electron chi connectivity index (χ4n) is 4.21. The van der Waals surface area contributed by atoms with Gasteiger partial charge in [0.05, 0.1) is 7.11 Å². The Bertz CT molecular complexity index is 1150. The highest BCUT2D eigenvalue weighted by molar-refractivity contribution is 5.81. The summed E-state index contributed by atoms with van der Waals surface area (Å²) in [6.07, 6.45) is -7.02. The number of esters is 3. The Hall–Kier alpha value is -4.00. The van der Waals surface area contributed by atoms with Crippen LogP contribution in [-0.4, -0.2) is 78.4 Å². The van der Waals surface area contributed by atoms with Gasteiger partial charge in [-0.25, -0.2) is 9.59 Å². The van der Waals surface area contributed by atoms with E-state index in [1.807, 2.05) is 18.2 Å². The van der Waals surface area contributed by atoms with Crippen LogP contribution in [0.25, 0.3) is 0 Å². The number of hydrogen-bond donors (Lipinski definition) is 3. The molecule has 2 aromatic rings. The maximum atomic E-state index is 12.3. The molecule has 0 saturated carbocycles. The van der Waals surface area contributed by atoms with E-state index < -0.39 is 60.6 Å². The Balaban J connectivity index is 1.68. The number of ether oxygens (including phenoxy) is 5. The van der Waals surface area contributed by atoms with Crippen LogP contribution in [0.2, 0.25) is 0 Å². The van der Waals surface area contributed by atoms with Crippen molar-refractivity contribution >= 4 is 24.0 Å². The lowest BCUT2D eigenvalue weighted by atomic mass is 9.90. The number of benzene rings is 2. The van der Waals surface area contributed by atoms with Crippen LogP contribution in [0, 0.1) is 0 Å². The molecule has 0 aliphatic carbocycles. The fraction of sp³-hybridized carbons (Fsp3) is 0.429. The normalized spacial score (nSPS) is 22.9. The number of nitrogens with one attached hydrogen (secondary N) is 1. The van der Waals surface area contributed by atoms with Gasteiger partial charge in [0.1, 0.15) is 43.7 Å². The molecule has 3 N–H and O–H groups in total. The number of methoxy groups -OCH3 is 1. The zero-order valence-electron chi connectivity index (χ0n) is 22.4. The minimum atomic E-state index is -1.52. The van der Waals surface area contributed by atoms with Crippen molar-refractivity contribution in [2.45, 2.75) is 63.4 Å². The number of amides is 1. The molecule has 0 spiro atoms. The number of rotatable bonds is 10. The number of aliphatic hydroxyl groups is 2. The summed E-state index contributed by atoms with van der Waals surface area (Å²) in [4.78, 5) is 47.5. The summed E-state index contributed by atoms with van der Waals surface area (Å²) in [7, 11) is 1.21. The van der Waals surface area contributed by atoms with Gasteiger partial charge in [-0.1, -0.05) is 54.6 Å². The van der Waals surface area contributed by atoms with Gasteiger partial charge >= 0.3 is 24.0 Å². The molecule has 1 heterocycles. The third-order valence-corrected chi connectivity index (χ3v) is 6.18.